The second-order valence-electron chi connectivity index (χ2n) is 6.02. The smallest absolute Gasteiger partial charge is 0.222 e. The second-order valence-corrected chi connectivity index (χ2v) is 6.46. The summed E-state index contributed by atoms with van der Waals surface area (Å²) in [5.41, 5.74) is 6.93. The van der Waals surface area contributed by atoms with E-state index < -0.39 is 0 Å². The van der Waals surface area contributed by atoms with Gasteiger partial charge in [-0.05, 0) is 30.0 Å². The van der Waals surface area contributed by atoms with E-state index in [0.29, 0.717) is 11.4 Å². The van der Waals surface area contributed by atoms with Crippen molar-refractivity contribution >= 4 is 17.5 Å². The molecule has 0 aliphatic rings. The van der Waals surface area contributed by atoms with Crippen LogP contribution in [0.4, 0.5) is 0 Å². The highest BCUT2D eigenvalue weighted by atomic mass is 35.5. The summed E-state index contributed by atoms with van der Waals surface area (Å²) in [6, 6.07) is 7.27. The van der Waals surface area contributed by atoms with E-state index in [9.17, 15) is 4.79 Å². The van der Waals surface area contributed by atoms with Crippen LogP contribution >= 0.6 is 11.6 Å². The van der Waals surface area contributed by atoms with Crippen molar-refractivity contribution in [2.24, 2.45) is 11.1 Å². The van der Waals surface area contributed by atoms with Crippen molar-refractivity contribution in [1.82, 2.24) is 5.32 Å². The van der Waals surface area contributed by atoms with Crippen molar-refractivity contribution in [3.8, 4) is 0 Å². The first-order chi connectivity index (χ1) is 8.70. The van der Waals surface area contributed by atoms with Crippen LogP contribution < -0.4 is 11.1 Å². The fourth-order valence-corrected chi connectivity index (χ4v) is 1.86. The highest BCUT2D eigenvalue weighted by Gasteiger charge is 2.23. The van der Waals surface area contributed by atoms with Gasteiger partial charge in [-0.2, -0.15) is 0 Å². The third kappa shape index (κ3) is 5.21. The zero-order valence-electron chi connectivity index (χ0n) is 12.0. The number of hydrogen-bond donors (Lipinski definition) is 2. The van der Waals surface area contributed by atoms with E-state index in [4.69, 9.17) is 17.3 Å². The van der Waals surface area contributed by atoms with Gasteiger partial charge in [0.25, 0.3) is 0 Å². The van der Waals surface area contributed by atoms with Gasteiger partial charge in [-0.1, -0.05) is 44.5 Å². The van der Waals surface area contributed by atoms with Gasteiger partial charge in [0.2, 0.25) is 5.91 Å². The summed E-state index contributed by atoms with van der Waals surface area (Å²) in [4.78, 5) is 11.9. The van der Waals surface area contributed by atoms with Crippen LogP contribution in [0.2, 0.25) is 5.02 Å². The Kier molecular flexibility index (Phi) is 5.39. The zero-order chi connectivity index (χ0) is 14.6. The van der Waals surface area contributed by atoms with E-state index in [1.807, 2.05) is 52.0 Å². The molecule has 0 radical (unpaired) electrons. The van der Waals surface area contributed by atoms with Crippen molar-refractivity contribution in [2.45, 2.75) is 46.2 Å². The topological polar surface area (TPSA) is 55.1 Å². The van der Waals surface area contributed by atoms with Crippen molar-refractivity contribution in [3.05, 3.63) is 34.9 Å². The van der Waals surface area contributed by atoms with Gasteiger partial charge in [0.05, 0.1) is 6.04 Å². The molecule has 0 saturated heterocycles. The SMILES string of the molecule is CC(NC(=O)CC(N)C(C)(C)C)c1cccc(Cl)c1. The molecule has 3 nitrogen and oxygen atoms in total. The molecule has 0 aromatic heterocycles. The first kappa shape index (κ1) is 16.0. The summed E-state index contributed by atoms with van der Waals surface area (Å²) in [6.07, 6.45) is 0.328. The number of amides is 1. The van der Waals surface area contributed by atoms with Crippen molar-refractivity contribution in [2.75, 3.05) is 0 Å². The summed E-state index contributed by atoms with van der Waals surface area (Å²) in [7, 11) is 0. The van der Waals surface area contributed by atoms with E-state index in [1.165, 1.54) is 0 Å². The quantitative estimate of drug-likeness (QED) is 0.890. The Labute approximate surface area is 120 Å². The van der Waals surface area contributed by atoms with Crippen LogP contribution in [0.25, 0.3) is 0 Å². The molecule has 2 atom stereocenters. The Morgan fingerprint density at radius 3 is 2.58 bits per heavy atom. The van der Waals surface area contributed by atoms with Gasteiger partial charge < -0.3 is 11.1 Å². The van der Waals surface area contributed by atoms with Gasteiger partial charge in [-0.15, -0.1) is 0 Å². The Bertz CT molecular complexity index is 440. The summed E-state index contributed by atoms with van der Waals surface area (Å²) in [5.74, 6) is -0.0325. The van der Waals surface area contributed by atoms with E-state index in [0.717, 1.165) is 5.56 Å². The largest absolute Gasteiger partial charge is 0.350 e. The Balaban J connectivity index is 2.58. The van der Waals surface area contributed by atoms with Crippen LogP contribution in [0.15, 0.2) is 24.3 Å². The molecule has 3 N–H and O–H groups in total. The predicted octanol–water partition coefficient (Wildman–Crippen LogP) is 3.28. The lowest BCUT2D eigenvalue weighted by Gasteiger charge is -2.27. The van der Waals surface area contributed by atoms with Crippen molar-refractivity contribution in [1.29, 1.82) is 0 Å². The molecule has 0 aliphatic carbocycles. The Morgan fingerprint density at radius 1 is 1.42 bits per heavy atom. The lowest BCUT2D eigenvalue weighted by atomic mass is 9.85. The molecule has 0 heterocycles. The highest BCUT2D eigenvalue weighted by Crippen LogP contribution is 2.21. The standard InChI is InChI=1S/C15H23ClN2O/c1-10(11-6-5-7-12(16)8-11)18-14(19)9-13(17)15(2,3)4/h5-8,10,13H,9,17H2,1-4H3,(H,18,19). The third-order valence-electron chi connectivity index (χ3n) is 3.24. The summed E-state index contributed by atoms with van der Waals surface area (Å²) >= 11 is 5.94. The first-order valence-electron chi connectivity index (χ1n) is 6.50. The molecule has 106 valence electrons. The molecule has 1 rings (SSSR count). The second kappa shape index (κ2) is 6.40. The summed E-state index contributed by atoms with van der Waals surface area (Å²) in [5, 5.41) is 3.62. The number of carbonyl (C=O) groups is 1. The molecule has 0 bridgehead atoms. The molecule has 0 fully saturated rings. The number of nitrogens with two attached hydrogens (primary N) is 1. The predicted molar refractivity (Wildman–Crippen MR) is 80.1 cm³/mol. The fourth-order valence-electron chi connectivity index (χ4n) is 1.67. The minimum atomic E-state index is -0.154. The fraction of sp³-hybridized carbons (Fsp3) is 0.533. The third-order valence-corrected chi connectivity index (χ3v) is 3.48. The number of halogens is 1. The minimum absolute atomic E-state index is 0.0325. The van der Waals surface area contributed by atoms with Gasteiger partial charge in [-0.25, -0.2) is 0 Å². The molecule has 4 heteroatoms. The van der Waals surface area contributed by atoms with Crippen LogP contribution in [-0.2, 0) is 4.79 Å². The lowest BCUT2D eigenvalue weighted by molar-refractivity contribution is -0.122. The Morgan fingerprint density at radius 2 is 2.05 bits per heavy atom. The van der Waals surface area contributed by atoms with Gasteiger partial charge in [-0.3, -0.25) is 4.79 Å². The zero-order valence-corrected chi connectivity index (χ0v) is 12.8. The maximum Gasteiger partial charge on any atom is 0.222 e. The minimum Gasteiger partial charge on any atom is -0.350 e. The van der Waals surface area contributed by atoms with Crippen LogP contribution in [-0.4, -0.2) is 11.9 Å². The van der Waals surface area contributed by atoms with Crippen LogP contribution in [0.3, 0.4) is 0 Å². The average Bonchev–Trinajstić information content (AvgIpc) is 2.27. The maximum absolute atomic E-state index is 11.9. The Hall–Kier alpha value is -1.06. The van der Waals surface area contributed by atoms with Crippen molar-refractivity contribution < 1.29 is 4.79 Å². The van der Waals surface area contributed by atoms with E-state index in [-0.39, 0.29) is 23.4 Å². The molecule has 1 aromatic carbocycles. The van der Waals surface area contributed by atoms with Gasteiger partial charge >= 0.3 is 0 Å². The van der Waals surface area contributed by atoms with E-state index in [1.54, 1.807) is 0 Å². The normalized spacial score (nSPS) is 14.8. The van der Waals surface area contributed by atoms with Gasteiger partial charge in [0.15, 0.2) is 0 Å². The number of nitrogens with one attached hydrogen (secondary N) is 1. The lowest BCUT2D eigenvalue weighted by Crippen LogP contribution is -2.40. The van der Waals surface area contributed by atoms with Gasteiger partial charge in [0, 0.05) is 17.5 Å². The number of hydrogen-bond acceptors (Lipinski definition) is 2. The van der Waals surface area contributed by atoms with Crippen LogP contribution in [0.1, 0.15) is 45.7 Å². The van der Waals surface area contributed by atoms with Crippen molar-refractivity contribution in [3.63, 3.8) is 0 Å². The molecule has 0 spiro atoms. The molecule has 1 aromatic rings. The van der Waals surface area contributed by atoms with E-state index in [2.05, 4.69) is 5.32 Å². The molecule has 1 amide bonds. The maximum atomic E-state index is 11.9. The molecule has 0 saturated carbocycles. The van der Waals surface area contributed by atoms with Crippen LogP contribution in [0.5, 0.6) is 0 Å². The molecular weight excluding hydrogens is 260 g/mol. The molecular formula is C15H23ClN2O. The first-order valence-corrected chi connectivity index (χ1v) is 6.88. The molecule has 0 aliphatic heterocycles. The average molecular weight is 283 g/mol. The monoisotopic (exact) mass is 282 g/mol. The highest BCUT2D eigenvalue weighted by molar-refractivity contribution is 6.30. The van der Waals surface area contributed by atoms with E-state index >= 15 is 0 Å². The number of rotatable bonds is 4. The molecule has 2 unspecified atom stereocenters. The summed E-state index contributed by atoms with van der Waals surface area (Å²) < 4.78 is 0. The number of benzene rings is 1. The van der Waals surface area contributed by atoms with Crippen LogP contribution in [0, 0.1) is 5.41 Å². The molecule has 19 heavy (non-hydrogen) atoms. The van der Waals surface area contributed by atoms with Gasteiger partial charge in [0.1, 0.15) is 0 Å². The number of carbonyl (C=O) groups excluding carboxylic acids is 1. The summed E-state index contributed by atoms with van der Waals surface area (Å²) in [6.45, 7) is 8.04.